The largest absolute Gasteiger partial charge is 0.293 e. The van der Waals surface area contributed by atoms with Crippen LogP contribution in [0, 0.1) is 10.5 Å². The van der Waals surface area contributed by atoms with Crippen molar-refractivity contribution in [3.63, 3.8) is 0 Å². The van der Waals surface area contributed by atoms with E-state index in [1.165, 1.54) is 0 Å². The van der Waals surface area contributed by atoms with Gasteiger partial charge in [-0.25, -0.2) is 0 Å². The van der Waals surface area contributed by atoms with E-state index < -0.39 is 0 Å². The van der Waals surface area contributed by atoms with Crippen LogP contribution in [-0.2, 0) is 0 Å². The lowest BCUT2D eigenvalue weighted by molar-refractivity contribution is 0.101. The molecule has 1 nitrogen and oxygen atoms in total. The predicted molar refractivity (Wildman–Crippen MR) is 66.6 cm³/mol. The number of alkyl halides is 1. The van der Waals surface area contributed by atoms with E-state index in [1.807, 2.05) is 19.1 Å². The summed E-state index contributed by atoms with van der Waals surface area (Å²) in [4.78, 5) is 11.4. The van der Waals surface area contributed by atoms with Crippen LogP contribution in [0.2, 0.25) is 0 Å². The molecule has 13 heavy (non-hydrogen) atoms. The SMILES string of the molecule is Cc1cc(Br)cc(I)c1C(=O)CCl. The maximum absolute atomic E-state index is 11.4. The van der Waals surface area contributed by atoms with Crippen molar-refractivity contribution in [3.8, 4) is 0 Å². The first-order valence-electron chi connectivity index (χ1n) is 3.61. The van der Waals surface area contributed by atoms with E-state index in [0.29, 0.717) is 0 Å². The minimum Gasteiger partial charge on any atom is -0.293 e. The Bertz CT molecular complexity index is 328. The third-order valence-electron chi connectivity index (χ3n) is 1.65. The summed E-state index contributed by atoms with van der Waals surface area (Å²) in [6.45, 7) is 1.91. The molecule has 70 valence electrons. The van der Waals surface area contributed by atoms with E-state index in [1.54, 1.807) is 0 Å². The van der Waals surface area contributed by atoms with Gasteiger partial charge in [-0.3, -0.25) is 4.79 Å². The standard InChI is InChI=1S/C9H7BrClIO/c1-5-2-6(10)3-7(12)9(5)8(13)4-11/h2-3H,4H2,1H3. The van der Waals surface area contributed by atoms with E-state index in [0.717, 1.165) is 19.2 Å². The molecule has 0 atom stereocenters. The van der Waals surface area contributed by atoms with Gasteiger partial charge in [0.2, 0.25) is 0 Å². The molecular weight excluding hydrogens is 366 g/mol. The van der Waals surface area contributed by atoms with Gasteiger partial charge in [-0.05, 0) is 47.2 Å². The van der Waals surface area contributed by atoms with Crippen LogP contribution in [0.4, 0.5) is 0 Å². The van der Waals surface area contributed by atoms with Crippen LogP contribution in [0.25, 0.3) is 0 Å². The first-order valence-corrected chi connectivity index (χ1v) is 6.01. The molecule has 0 aliphatic rings. The first kappa shape index (κ1) is 11.5. The first-order chi connectivity index (χ1) is 6.06. The number of rotatable bonds is 2. The van der Waals surface area contributed by atoms with E-state index in [9.17, 15) is 4.79 Å². The summed E-state index contributed by atoms with van der Waals surface area (Å²) in [5.74, 6) is 0.0226. The van der Waals surface area contributed by atoms with Crippen molar-refractivity contribution >= 4 is 55.9 Å². The van der Waals surface area contributed by atoms with Gasteiger partial charge in [0.05, 0.1) is 5.88 Å². The zero-order chi connectivity index (χ0) is 10.0. The van der Waals surface area contributed by atoms with Gasteiger partial charge in [0, 0.05) is 13.6 Å². The Morgan fingerprint density at radius 3 is 2.69 bits per heavy atom. The molecule has 0 bridgehead atoms. The highest BCUT2D eigenvalue weighted by Crippen LogP contribution is 2.23. The molecule has 0 aliphatic heterocycles. The molecule has 0 aliphatic carbocycles. The lowest BCUT2D eigenvalue weighted by Crippen LogP contribution is -2.05. The van der Waals surface area contributed by atoms with Crippen LogP contribution in [-0.4, -0.2) is 11.7 Å². The molecule has 0 saturated carbocycles. The lowest BCUT2D eigenvalue weighted by Gasteiger charge is -2.06. The van der Waals surface area contributed by atoms with Gasteiger partial charge in [-0.2, -0.15) is 0 Å². The lowest BCUT2D eigenvalue weighted by atomic mass is 10.1. The van der Waals surface area contributed by atoms with Gasteiger partial charge < -0.3 is 0 Å². The van der Waals surface area contributed by atoms with Crippen LogP contribution < -0.4 is 0 Å². The number of Topliss-reactive ketones (excluding diaryl/α,β-unsaturated/α-hetero) is 1. The fourth-order valence-electron chi connectivity index (χ4n) is 1.12. The number of carbonyl (C=O) groups is 1. The molecule has 0 fully saturated rings. The fraction of sp³-hybridized carbons (Fsp3) is 0.222. The van der Waals surface area contributed by atoms with Crippen LogP contribution in [0.3, 0.4) is 0 Å². The maximum atomic E-state index is 11.4. The smallest absolute Gasteiger partial charge is 0.178 e. The van der Waals surface area contributed by atoms with E-state index >= 15 is 0 Å². The molecule has 0 unspecified atom stereocenters. The van der Waals surface area contributed by atoms with Crippen molar-refractivity contribution in [1.82, 2.24) is 0 Å². The number of hydrogen-bond donors (Lipinski definition) is 0. The quantitative estimate of drug-likeness (QED) is 0.438. The minimum atomic E-state index is -0.0175. The van der Waals surface area contributed by atoms with Gasteiger partial charge in [0.1, 0.15) is 0 Å². The Labute approximate surface area is 104 Å². The number of hydrogen-bond acceptors (Lipinski definition) is 1. The fourth-order valence-corrected chi connectivity index (χ4v) is 3.32. The Kier molecular flexibility index (Phi) is 4.19. The maximum Gasteiger partial charge on any atom is 0.178 e. The van der Waals surface area contributed by atoms with Crippen molar-refractivity contribution in [3.05, 3.63) is 31.3 Å². The average Bonchev–Trinajstić information content (AvgIpc) is 2.02. The normalized spacial score (nSPS) is 10.2. The summed E-state index contributed by atoms with van der Waals surface area (Å²) in [6.07, 6.45) is 0. The molecule has 4 heteroatoms. The summed E-state index contributed by atoms with van der Waals surface area (Å²) in [6, 6.07) is 3.83. The second-order valence-electron chi connectivity index (χ2n) is 2.64. The second-order valence-corrected chi connectivity index (χ2v) is 4.98. The van der Waals surface area contributed by atoms with E-state index in [-0.39, 0.29) is 11.7 Å². The van der Waals surface area contributed by atoms with Gasteiger partial charge in [-0.1, -0.05) is 15.9 Å². The molecule has 0 saturated heterocycles. The third kappa shape index (κ3) is 2.67. The van der Waals surface area contributed by atoms with Gasteiger partial charge in [-0.15, -0.1) is 11.6 Å². The Hall–Kier alpha value is 0.390. The molecule has 0 aromatic heterocycles. The molecule has 1 aromatic rings. The monoisotopic (exact) mass is 372 g/mol. The number of ketones is 1. The second kappa shape index (κ2) is 4.75. The summed E-state index contributed by atoms with van der Waals surface area (Å²) in [5.41, 5.74) is 1.70. The van der Waals surface area contributed by atoms with Crippen molar-refractivity contribution in [1.29, 1.82) is 0 Å². The zero-order valence-corrected chi connectivity index (χ0v) is 11.4. The number of halogens is 3. The molecule has 0 spiro atoms. The van der Waals surface area contributed by atoms with Gasteiger partial charge in [0.15, 0.2) is 5.78 Å². The Morgan fingerprint density at radius 1 is 1.62 bits per heavy atom. The average molecular weight is 373 g/mol. The molecule has 1 rings (SSSR count). The molecule has 0 amide bonds. The van der Waals surface area contributed by atoms with Crippen LogP contribution in [0.15, 0.2) is 16.6 Å². The van der Waals surface area contributed by atoms with Crippen molar-refractivity contribution in [2.24, 2.45) is 0 Å². The number of carbonyl (C=O) groups excluding carboxylic acids is 1. The van der Waals surface area contributed by atoms with Crippen molar-refractivity contribution in [2.45, 2.75) is 6.92 Å². The highest BCUT2D eigenvalue weighted by atomic mass is 127. The summed E-state index contributed by atoms with van der Waals surface area (Å²) < 4.78 is 1.93. The predicted octanol–water partition coefficient (Wildman–Crippen LogP) is 3.78. The molecule has 0 heterocycles. The third-order valence-corrected chi connectivity index (χ3v) is 3.20. The highest BCUT2D eigenvalue weighted by molar-refractivity contribution is 14.1. The number of benzene rings is 1. The van der Waals surface area contributed by atoms with Crippen LogP contribution >= 0.6 is 50.1 Å². The topological polar surface area (TPSA) is 17.1 Å². The van der Waals surface area contributed by atoms with Crippen LogP contribution in [0.5, 0.6) is 0 Å². The van der Waals surface area contributed by atoms with E-state index in [2.05, 4.69) is 38.5 Å². The number of aryl methyl sites for hydroxylation is 1. The molecule has 0 N–H and O–H groups in total. The summed E-state index contributed by atoms with van der Waals surface area (Å²) in [5, 5.41) is 0. The highest BCUT2D eigenvalue weighted by Gasteiger charge is 2.12. The van der Waals surface area contributed by atoms with Crippen LogP contribution in [0.1, 0.15) is 15.9 Å². The van der Waals surface area contributed by atoms with Gasteiger partial charge in [0.25, 0.3) is 0 Å². The summed E-state index contributed by atoms with van der Waals surface area (Å²) in [7, 11) is 0. The zero-order valence-electron chi connectivity index (χ0n) is 6.90. The van der Waals surface area contributed by atoms with Crippen molar-refractivity contribution in [2.75, 3.05) is 5.88 Å². The molecular formula is C9H7BrClIO. The van der Waals surface area contributed by atoms with E-state index in [4.69, 9.17) is 11.6 Å². The summed E-state index contributed by atoms with van der Waals surface area (Å²) >= 11 is 11.0. The molecule has 0 radical (unpaired) electrons. The van der Waals surface area contributed by atoms with Gasteiger partial charge >= 0.3 is 0 Å². The Morgan fingerprint density at radius 2 is 2.23 bits per heavy atom. The van der Waals surface area contributed by atoms with Crippen molar-refractivity contribution < 1.29 is 4.79 Å². The molecule has 1 aromatic carbocycles. The minimum absolute atomic E-state index is 0.0175. The Balaban J connectivity index is 3.28.